The van der Waals surface area contributed by atoms with Crippen LogP contribution in [0, 0.1) is 6.92 Å². The van der Waals surface area contributed by atoms with Gasteiger partial charge in [-0.2, -0.15) is 0 Å². The van der Waals surface area contributed by atoms with Crippen molar-refractivity contribution < 1.29 is 5.11 Å². The smallest absolute Gasteiger partial charge is 0.265 e. The molecule has 1 aromatic heterocycles. The third-order valence-electron chi connectivity index (χ3n) is 2.25. The molecule has 2 rings (SSSR count). The number of aromatic nitrogens is 2. The molecule has 0 bridgehead atoms. The molecule has 2 aromatic rings. The lowest BCUT2D eigenvalue weighted by Gasteiger charge is -2.04. The number of aromatic amines is 1. The van der Waals surface area contributed by atoms with Gasteiger partial charge < -0.3 is 10.1 Å². The number of hydrogen-bond acceptors (Lipinski definition) is 3. The predicted molar refractivity (Wildman–Crippen MR) is 69.4 cm³/mol. The zero-order valence-electron chi connectivity index (χ0n) is 8.79. The Kier molecular flexibility index (Phi) is 3.22. The highest BCUT2D eigenvalue weighted by molar-refractivity contribution is 9.10. The van der Waals surface area contributed by atoms with Crippen molar-refractivity contribution in [1.82, 2.24) is 9.97 Å². The molecule has 0 saturated heterocycles. The molecule has 1 heterocycles. The summed E-state index contributed by atoms with van der Waals surface area (Å²) in [7, 11) is 0. The fourth-order valence-electron chi connectivity index (χ4n) is 1.36. The van der Waals surface area contributed by atoms with E-state index in [1.807, 2.05) is 0 Å². The third-order valence-corrected chi connectivity index (χ3v) is 3.49. The van der Waals surface area contributed by atoms with E-state index in [0.29, 0.717) is 21.6 Å². The highest BCUT2D eigenvalue weighted by Crippen LogP contribution is 2.27. The van der Waals surface area contributed by atoms with Crippen LogP contribution >= 0.6 is 27.5 Å². The maximum absolute atomic E-state index is 11.6. The van der Waals surface area contributed by atoms with E-state index in [9.17, 15) is 9.90 Å². The van der Waals surface area contributed by atoms with Crippen molar-refractivity contribution in [3.05, 3.63) is 43.7 Å². The van der Waals surface area contributed by atoms with Crippen LogP contribution in [0.5, 0.6) is 5.75 Å². The zero-order valence-corrected chi connectivity index (χ0v) is 11.1. The molecule has 0 saturated carbocycles. The van der Waals surface area contributed by atoms with E-state index < -0.39 is 0 Å². The topological polar surface area (TPSA) is 66.0 Å². The molecule has 0 aliphatic carbocycles. The van der Waals surface area contributed by atoms with Crippen molar-refractivity contribution in [3.8, 4) is 17.1 Å². The van der Waals surface area contributed by atoms with Gasteiger partial charge in [0, 0.05) is 5.56 Å². The van der Waals surface area contributed by atoms with E-state index in [1.54, 1.807) is 19.1 Å². The van der Waals surface area contributed by atoms with Crippen LogP contribution in [0.2, 0.25) is 5.02 Å². The van der Waals surface area contributed by atoms with Crippen LogP contribution in [0.25, 0.3) is 11.4 Å². The second-order valence-electron chi connectivity index (χ2n) is 3.48. The lowest BCUT2D eigenvalue weighted by molar-refractivity contribution is 0.475. The van der Waals surface area contributed by atoms with Crippen molar-refractivity contribution in [1.29, 1.82) is 0 Å². The summed E-state index contributed by atoms with van der Waals surface area (Å²) in [6, 6.07) is 4.63. The summed E-state index contributed by atoms with van der Waals surface area (Å²) in [4.78, 5) is 18.4. The molecule has 0 radical (unpaired) electrons. The molecule has 0 aliphatic rings. The molecule has 0 amide bonds. The van der Waals surface area contributed by atoms with Gasteiger partial charge in [0.2, 0.25) is 0 Å². The minimum absolute atomic E-state index is 0.00778. The number of halogens is 2. The summed E-state index contributed by atoms with van der Waals surface area (Å²) in [5.41, 5.74) is 0.977. The van der Waals surface area contributed by atoms with Crippen LogP contribution in [0.4, 0.5) is 0 Å². The van der Waals surface area contributed by atoms with Gasteiger partial charge in [0.15, 0.2) is 0 Å². The second-order valence-corrected chi connectivity index (χ2v) is 4.68. The number of phenols is 1. The molecule has 0 atom stereocenters. The maximum atomic E-state index is 11.6. The molecule has 17 heavy (non-hydrogen) atoms. The van der Waals surface area contributed by atoms with Crippen molar-refractivity contribution in [2.75, 3.05) is 0 Å². The van der Waals surface area contributed by atoms with Gasteiger partial charge in [-0.05, 0) is 41.1 Å². The van der Waals surface area contributed by atoms with E-state index in [1.165, 1.54) is 6.07 Å². The molecule has 4 nitrogen and oxygen atoms in total. The Labute approximate surface area is 110 Å². The Morgan fingerprint density at radius 1 is 1.47 bits per heavy atom. The molecule has 0 fully saturated rings. The number of aryl methyl sites for hydroxylation is 1. The van der Waals surface area contributed by atoms with Crippen molar-refractivity contribution in [2.24, 2.45) is 0 Å². The van der Waals surface area contributed by atoms with Crippen LogP contribution in [0.1, 0.15) is 5.69 Å². The first-order valence-electron chi connectivity index (χ1n) is 4.74. The highest BCUT2D eigenvalue weighted by atomic mass is 79.9. The van der Waals surface area contributed by atoms with Crippen LogP contribution < -0.4 is 5.56 Å². The molecule has 1 aromatic carbocycles. The van der Waals surface area contributed by atoms with Gasteiger partial charge >= 0.3 is 0 Å². The average molecular weight is 316 g/mol. The van der Waals surface area contributed by atoms with Crippen LogP contribution in [-0.4, -0.2) is 15.1 Å². The van der Waals surface area contributed by atoms with Gasteiger partial charge in [-0.3, -0.25) is 4.79 Å². The number of benzene rings is 1. The van der Waals surface area contributed by atoms with E-state index >= 15 is 0 Å². The molecule has 6 heteroatoms. The van der Waals surface area contributed by atoms with Gasteiger partial charge in [-0.25, -0.2) is 4.98 Å². The fourth-order valence-corrected chi connectivity index (χ4v) is 1.73. The molecule has 0 spiro atoms. The lowest BCUT2D eigenvalue weighted by Crippen LogP contribution is -2.11. The first kappa shape index (κ1) is 12.1. The van der Waals surface area contributed by atoms with Crippen LogP contribution in [-0.2, 0) is 0 Å². The number of hydrogen-bond donors (Lipinski definition) is 2. The normalized spacial score (nSPS) is 10.5. The molecular formula is C11H8BrClN2O2. The van der Waals surface area contributed by atoms with Crippen molar-refractivity contribution >= 4 is 27.5 Å². The Morgan fingerprint density at radius 2 is 2.18 bits per heavy atom. The number of rotatable bonds is 1. The maximum Gasteiger partial charge on any atom is 0.265 e. The molecule has 0 aliphatic heterocycles. The van der Waals surface area contributed by atoms with Crippen molar-refractivity contribution in [3.63, 3.8) is 0 Å². The van der Waals surface area contributed by atoms with Gasteiger partial charge in [0.05, 0.1) is 10.7 Å². The quantitative estimate of drug-likeness (QED) is 0.850. The van der Waals surface area contributed by atoms with Gasteiger partial charge in [0.25, 0.3) is 5.56 Å². The summed E-state index contributed by atoms with van der Waals surface area (Å²) < 4.78 is 0.408. The van der Waals surface area contributed by atoms with E-state index in [-0.39, 0.29) is 16.3 Å². The second kappa shape index (κ2) is 4.50. The standard InChI is InChI=1S/C11H8BrClN2O2/c1-5-9(12)11(17)15-10(14-5)6-2-3-8(16)7(13)4-6/h2-4,16H,1H3,(H,14,15,17). The van der Waals surface area contributed by atoms with Crippen LogP contribution in [0.15, 0.2) is 27.5 Å². The van der Waals surface area contributed by atoms with E-state index in [0.717, 1.165) is 0 Å². The molecule has 0 unspecified atom stereocenters. The molecule has 88 valence electrons. The zero-order chi connectivity index (χ0) is 12.6. The fraction of sp³-hybridized carbons (Fsp3) is 0.0909. The molecule has 2 N–H and O–H groups in total. The summed E-state index contributed by atoms with van der Waals surface area (Å²) in [5, 5.41) is 9.53. The van der Waals surface area contributed by atoms with Crippen LogP contribution in [0.3, 0.4) is 0 Å². The number of nitrogens with zero attached hydrogens (tertiary/aromatic N) is 1. The van der Waals surface area contributed by atoms with Gasteiger partial charge in [0.1, 0.15) is 16.0 Å². The summed E-state index contributed by atoms with van der Waals surface area (Å²) in [6.45, 7) is 1.73. The Bertz CT molecular complexity index is 640. The van der Waals surface area contributed by atoms with Gasteiger partial charge in [-0.1, -0.05) is 11.6 Å². The van der Waals surface area contributed by atoms with E-state index in [4.69, 9.17) is 11.6 Å². The van der Waals surface area contributed by atoms with E-state index in [2.05, 4.69) is 25.9 Å². The largest absolute Gasteiger partial charge is 0.506 e. The van der Waals surface area contributed by atoms with Gasteiger partial charge in [-0.15, -0.1) is 0 Å². The predicted octanol–water partition coefficient (Wildman–Crippen LogP) is 2.87. The number of nitrogens with one attached hydrogen (secondary N) is 1. The highest BCUT2D eigenvalue weighted by Gasteiger charge is 2.08. The summed E-state index contributed by atoms with van der Waals surface area (Å²) >= 11 is 8.94. The first-order valence-corrected chi connectivity index (χ1v) is 5.91. The summed E-state index contributed by atoms with van der Waals surface area (Å²) in [6.07, 6.45) is 0. The number of phenolic OH excluding ortho intramolecular Hbond substituents is 1. The minimum Gasteiger partial charge on any atom is -0.506 e. The monoisotopic (exact) mass is 314 g/mol. The van der Waals surface area contributed by atoms with Crippen molar-refractivity contribution in [2.45, 2.75) is 6.92 Å². The lowest BCUT2D eigenvalue weighted by atomic mass is 10.2. The number of H-pyrrole nitrogens is 1. The summed E-state index contributed by atoms with van der Waals surface area (Å²) in [5.74, 6) is 0.407. The minimum atomic E-state index is -0.253. The Hall–Kier alpha value is -1.33. The Balaban J connectivity index is 2.61. The first-order chi connectivity index (χ1) is 7.99. The SMILES string of the molecule is Cc1nc(-c2ccc(O)c(Cl)c2)[nH]c(=O)c1Br. The Morgan fingerprint density at radius 3 is 2.76 bits per heavy atom. The third kappa shape index (κ3) is 2.35. The number of aromatic hydroxyl groups is 1. The average Bonchev–Trinajstić information content (AvgIpc) is 2.29. The molecular weight excluding hydrogens is 307 g/mol.